The predicted molar refractivity (Wildman–Crippen MR) is 80.8 cm³/mol. The molecule has 126 valence electrons. The van der Waals surface area contributed by atoms with E-state index in [0.29, 0.717) is 13.1 Å². The van der Waals surface area contributed by atoms with E-state index in [1.807, 2.05) is 0 Å². The Labute approximate surface area is 137 Å². The van der Waals surface area contributed by atoms with Gasteiger partial charge in [-0.2, -0.15) is 13.2 Å². The SMILES string of the molecule is Cl.Cl.O=[N+]([O-])c1cccc([C@@H](N2CCNCC2)C(F)(F)F)c1. The molecule has 1 fully saturated rings. The first-order valence-electron chi connectivity index (χ1n) is 6.15. The van der Waals surface area contributed by atoms with E-state index in [4.69, 9.17) is 0 Å². The summed E-state index contributed by atoms with van der Waals surface area (Å²) in [6.45, 7) is 1.46. The summed E-state index contributed by atoms with van der Waals surface area (Å²) in [4.78, 5) is 11.3. The minimum atomic E-state index is -4.47. The summed E-state index contributed by atoms with van der Waals surface area (Å²) < 4.78 is 39.9. The smallest absolute Gasteiger partial charge is 0.314 e. The zero-order valence-electron chi connectivity index (χ0n) is 11.4. The van der Waals surface area contributed by atoms with Crippen LogP contribution in [0.15, 0.2) is 24.3 Å². The van der Waals surface area contributed by atoms with Gasteiger partial charge in [-0.1, -0.05) is 12.1 Å². The number of piperazine rings is 1. The summed E-state index contributed by atoms with van der Waals surface area (Å²) in [6, 6.07) is 2.96. The van der Waals surface area contributed by atoms with E-state index in [1.165, 1.54) is 23.1 Å². The van der Waals surface area contributed by atoms with E-state index in [9.17, 15) is 23.3 Å². The highest BCUT2D eigenvalue weighted by Gasteiger charge is 2.45. The largest absolute Gasteiger partial charge is 0.408 e. The highest BCUT2D eigenvalue weighted by atomic mass is 35.5. The Balaban J connectivity index is 0.00000220. The van der Waals surface area contributed by atoms with Crippen molar-refractivity contribution in [1.29, 1.82) is 0 Å². The number of rotatable bonds is 3. The van der Waals surface area contributed by atoms with Crippen LogP contribution in [0.4, 0.5) is 18.9 Å². The molecule has 1 aliphatic heterocycles. The number of nitro benzene ring substituents is 1. The number of hydrogen-bond acceptors (Lipinski definition) is 4. The fourth-order valence-corrected chi connectivity index (χ4v) is 2.36. The van der Waals surface area contributed by atoms with E-state index < -0.39 is 17.1 Å². The molecule has 10 heteroatoms. The lowest BCUT2D eigenvalue weighted by atomic mass is 10.0. The lowest BCUT2D eigenvalue weighted by Gasteiger charge is -2.36. The minimum absolute atomic E-state index is 0. The van der Waals surface area contributed by atoms with Gasteiger partial charge in [0.25, 0.3) is 5.69 Å². The van der Waals surface area contributed by atoms with E-state index in [0.717, 1.165) is 6.07 Å². The van der Waals surface area contributed by atoms with Crippen molar-refractivity contribution in [3.63, 3.8) is 0 Å². The van der Waals surface area contributed by atoms with Crippen LogP contribution in [0.2, 0.25) is 0 Å². The molecule has 0 spiro atoms. The van der Waals surface area contributed by atoms with Crippen molar-refractivity contribution in [2.75, 3.05) is 26.2 Å². The number of benzene rings is 1. The van der Waals surface area contributed by atoms with Gasteiger partial charge in [0.2, 0.25) is 0 Å². The van der Waals surface area contributed by atoms with Crippen molar-refractivity contribution in [3.05, 3.63) is 39.9 Å². The molecule has 0 aliphatic carbocycles. The van der Waals surface area contributed by atoms with Gasteiger partial charge >= 0.3 is 6.18 Å². The van der Waals surface area contributed by atoms with E-state index in [2.05, 4.69) is 5.32 Å². The monoisotopic (exact) mass is 361 g/mol. The summed E-state index contributed by atoms with van der Waals surface area (Å²) >= 11 is 0. The second-order valence-corrected chi connectivity index (χ2v) is 4.58. The molecule has 0 unspecified atom stereocenters. The average Bonchev–Trinajstić information content (AvgIpc) is 2.39. The maximum Gasteiger partial charge on any atom is 0.408 e. The van der Waals surface area contributed by atoms with Crippen LogP contribution in [0.5, 0.6) is 0 Å². The molecule has 0 bridgehead atoms. The number of non-ortho nitro benzene ring substituents is 1. The molecule has 0 radical (unpaired) electrons. The van der Waals surface area contributed by atoms with Gasteiger partial charge < -0.3 is 5.32 Å². The van der Waals surface area contributed by atoms with Crippen LogP contribution in [-0.2, 0) is 0 Å². The first kappa shape index (κ1) is 20.9. The van der Waals surface area contributed by atoms with Crippen molar-refractivity contribution in [1.82, 2.24) is 10.2 Å². The van der Waals surface area contributed by atoms with Crippen LogP contribution in [0.1, 0.15) is 11.6 Å². The van der Waals surface area contributed by atoms with Crippen LogP contribution in [0.25, 0.3) is 0 Å². The molecule has 1 atom stereocenters. The quantitative estimate of drug-likeness (QED) is 0.664. The first-order valence-corrected chi connectivity index (χ1v) is 6.15. The number of hydrogen-bond donors (Lipinski definition) is 1. The van der Waals surface area contributed by atoms with Gasteiger partial charge in [0.15, 0.2) is 0 Å². The molecule has 1 aliphatic rings. The average molecular weight is 362 g/mol. The Morgan fingerprint density at radius 3 is 2.32 bits per heavy atom. The van der Waals surface area contributed by atoms with Crippen molar-refractivity contribution in [2.24, 2.45) is 0 Å². The third-order valence-electron chi connectivity index (χ3n) is 3.22. The van der Waals surface area contributed by atoms with Gasteiger partial charge in [0.1, 0.15) is 6.04 Å². The maximum absolute atomic E-state index is 13.3. The van der Waals surface area contributed by atoms with Gasteiger partial charge in [-0.25, -0.2) is 0 Å². The molecule has 1 aromatic carbocycles. The second-order valence-electron chi connectivity index (χ2n) is 4.58. The molecule has 0 saturated carbocycles. The van der Waals surface area contributed by atoms with Gasteiger partial charge in [-0.15, -0.1) is 24.8 Å². The Bertz CT molecular complexity index is 497. The van der Waals surface area contributed by atoms with Crippen LogP contribution >= 0.6 is 24.8 Å². The van der Waals surface area contributed by atoms with Crippen molar-refractivity contribution in [2.45, 2.75) is 12.2 Å². The standard InChI is InChI=1S/C12H14F3N3O2.2ClH/c13-12(14,15)11(17-6-4-16-5-7-17)9-2-1-3-10(8-9)18(19)20;;/h1-3,8,11,16H,4-7H2;2*1H/t11-;;/m1../s1. The maximum atomic E-state index is 13.3. The number of nitro groups is 1. The normalized spacial score (nSPS) is 17.0. The number of nitrogens with one attached hydrogen (secondary N) is 1. The number of alkyl halides is 3. The summed E-state index contributed by atoms with van der Waals surface area (Å²) in [7, 11) is 0. The fraction of sp³-hybridized carbons (Fsp3) is 0.500. The molecular weight excluding hydrogens is 346 g/mol. The van der Waals surface area contributed by atoms with Crippen LogP contribution in [0.3, 0.4) is 0 Å². The molecule has 1 saturated heterocycles. The molecule has 5 nitrogen and oxygen atoms in total. The summed E-state index contributed by atoms with van der Waals surface area (Å²) in [5.41, 5.74) is -0.416. The number of halogens is 5. The molecule has 0 aromatic heterocycles. The summed E-state index contributed by atoms with van der Waals surface area (Å²) in [6.07, 6.45) is -4.47. The molecule has 1 aromatic rings. The van der Waals surface area contributed by atoms with Gasteiger partial charge in [0, 0.05) is 38.3 Å². The highest BCUT2D eigenvalue weighted by molar-refractivity contribution is 5.85. The topological polar surface area (TPSA) is 58.4 Å². The highest BCUT2D eigenvalue weighted by Crippen LogP contribution is 2.38. The van der Waals surface area contributed by atoms with E-state index >= 15 is 0 Å². The van der Waals surface area contributed by atoms with Crippen LogP contribution in [-0.4, -0.2) is 42.2 Å². The molecular formula is C12H16Cl2F3N3O2. The lowest BCUT2D eigenvalue weighted by Crippen LogP contribution is -2.49. The van der Waals surface area contributed by atoms with Gasteiger partial charge in [-0.05, 0) is 5.56 Å². The first-order chi connectivity index (χ1) is 9.39. The van der Waals surface area contributed by atoms with Crippen molar-refractivity contribution < 1.29 is 18.1 Å². The molecule has 1 N–H and O–H groups in total. The predicted octanol–water partition coefficient (Wildman–Crippen LogP) is 2.95. The fourth-order valence-electron chi connectivity index (χ4n) is 2.36. The number of nitrogens with zero attached hydrogens (tertiary/aromatic N) is 2. The third-order valence-corrected chi connectivity index (χ3v) is 3.22. The van der Waals surface area contributed by atoms with Crippen molar-refractivity contribution >= 4 is 30.5 Å². The molecule has 0 amide bonds. The van der Waals surface area contributed by atoms with Gasteiger partial charge in [-0.3, -0.25) is 15.0 Å². The van der Waals surface area contributed by atoms with E-state index in [1.54, 1.807) is 0 Å². The molecule has 22 heavy (non-hydrogen) atoms. The summed E-state index contributed by atoms with van der Waals surface area (Å²) in [5, 5.41) is 13.7. The Morgan fingerprint density at radius 1 is 1.23 bits per heavy atom. The van der Waals surface area contributed by atoms with E-state index in [-0.39, 0.29) is 49.2 Å². The zero-order valence-corrected chi connectivity index (χ0v) is 13.0. The lowest BCUT2D eigenvalue weighted by molar-refractivity contribution is -0.385. The second kappa shape index (κ2) is 8.52. The zero-order chi connectivity index (χ0) is 14.8. The molecule has 1 heterocycles. The van der Waals surface area contributed by atoms with Gasteiger partial charge in [0.05, 0.1) is 4.92 Å². The Morgan fingerprint density at radius 2 is 1.82 bits per heavy atom. The molecule has 2 rings (SSSR count). The third kappa shape index (κ3) is 4.98. The van der Waals surface area contributed by atoms with Crippen LogP contribution < -0.4 is 5.32 Å². The minimum Gasteiger partial charge on any atom is -0.314 e. The van der Waals surface area contributed by atoms with Crippen molar-refractivity contribution in [3.8, 4) is 0 Å². The Kier molecular flexibility index (Phi) is 8.10. The van der Waals surface area contributed by atoms with Crippen LogP contribution in [0, 0.1) is 10.1 Å². The Hall–Kier alpha value is -1.09. The summed E-state index contributed by atoms with van der Waals surface area (Å²) in [5.74, 6) is 0.